The molecule has 4 heteroatoms. The maximum atomic E-state index is 11.6. The lowest BCUT2D eigenvalue weighted by atomic mass is 9.81. The van der Waals surface area contributed by atoms with Gasteiger partial charge in [-0.15, -0.1) is 0 Å². The summed E-state index contributed by atoms with van der Waals surface area (Å²) in [7, 11) is 0. The fourth-order valence-electron chi connectivity index (χ4n) is 2.54. The Morgan fingerprint density at radius 1 is 0.773 bits per heavy atom. The first kappa shape index (κ1) is 15.0. The second kappa shape index (κ2) is 6.09. The van der Waals surface area contributed by atoms with Crippen LogP contribution in [0.15, 0.2) is 73.1 Å². The van der Waals surface area contributed by atoms with Gasteiger partial charge in [0.25, 0.3) is 0 Å². The molecule has 0 spiro atoms. The average molecular weight is 330 g/mol. The molecule has 1 N–H and O–H groups in total. The largest absolute Gasteiger partial charge is 0.376 e. The van der Waals surface area contributed by atoms with Gasteiger partial charge in [0, 0.05) is 39.1 Å². The summed E-state index contributed by atoms with van der Waals surface area (Å²) in [6.07, 6.45) is 3.27. The van der Waals surface area contributed by atoms with Gasteiger partial charge in [-0.1, -0.05) is 65.7 Å². The number of hydrogen-bond acceptors (Lipinski definition) is 2. The fraction of sp³-hybridized carbons (Fsp3) is 0.0556. The van der Waals surface area contributed by atoms with Crippen molar-refractivity contribution in [3.8, 4) is 0 Å². The van der Waals surface area contributed by atoms with Crippen molar-refractivity contribution >= 4 is 23.2 Å². The molecule has 2 aromatic carbocycles. The predicted molar refractivity (Wildman–Crippen MR) is 89.2 cm³/mol. The molecule has 2 nitrogen and oxygen atoms in total. The molecule has 0 aliphatic carbocycles. The second-order valence-corrected chi connectivity index (χ2v) is 5.73. The quantitative estimate of drug-likeness (QED) is 0.757. The van der Waals surface area contributed by atoms with Crippen molar-refractivity contribution < 1.29 is 5.11 Å². The highest BCUT2D eigenvalue weighted by molar-refractivity contribution is 6.32. The van der Waals surface area contributed by atoms with E-state index in [1.165, 1.54) is 0 Å². The Labute approximate surface area is 139 Å². The van der Waals surface area contributed by atoms with E-state index < -0.39 is 5.60 Å². The molecule has 0 bridgehead atoms. The van der Waals surface area contributed by atoms with E-state index in [4.69, 9.17) is 23.2 Å². The maximum Gasteiger partial charge on any atom is 0.144 e. The Bertz CT molecular complexity index is 744. The normalized spacial score (nSPS) is 11.4. The summed E-state index contributed by atoms with van der Waals surface area (Å²) in [6, 6.07) is 18.0. The smallest absolute Gasteiger partial charge is 0.144 e. The molecular weight excluding hydrogens is 317 g/mol. The van der Waals surface area contributed by atoms with Gasteiger partial charge in [-0.3, -0.25) is 4.98 Å². The zero-order valence-corrected chi connectivity index (χ0v) is 13.1. The van der Waals surface area contributed by atoms with Crippen LogP contribution in [0.2, 0.25) is 10.0 Å². The summed E-state index contributed by atoms with van der Waals surface area (Å²) in [6.45, 7) is 0. The van der Waals surface area contributed by atoms with Crippen LogP contribution >= 0.6 is 23.2 Å². The van der Waals surface area contributed by atoms with Gasteiger partial charge >= 0.3 is 0 Å². The van der Waals surface area contributed by atoms with E-state index in [1.807, 2.05) is 24.3 Å². The van der Waals surface area contributed by atoms with Gasteiger partial charge in [0.05, 0.1) is 0 Å². The van der Waals surface area contributed by atoms with Gasteiger partial charge in [-0.25, -0.2) is 0 Å². The third-order valence-corrected chi connectivity index (χ3v) is 4.27. The number of benzene rings is 2. The molecular formula is C18H13Cl2NO. The highest BCUT2D eigenvalue weighted by atomic mass is 35.5. The third kappa shape index (κ3) is 2.50. The van der Waals surface area contributed by atoms with E-state index in [1.54, 1.807) is 48.8 Å². The molecule has 3 rings (SSSR count). The Morgan fingerprint density at radius 2 is 1.32 bits per heavy atom. The van der Waals surface area contributed by atoms with Gasteiger partial charge in [0.2, 0.25) is 0 Å². The van der Waals surface area contributed by atoms with Crippen LogP contribution in [0.4, 0.5) is 0 Å². The van der Waals surface area contributed by atoms with E-state index in [2.05, 4.69) is 4.98 Å². The van der Waals surface area contributed by atoms with Crippen molar-refractivity contribution in [2.45, 2.75) is 5.60 Å². The molecule has 0 atom stereocenters. The number of nitrogens with zero attached hydrogens (tertiary/aromatic N) is 1. The minimum Gasteiger partial charge on any atom is -0.376 e. The summed E-state index contributed by atoms with van der Waals surface area (Å²) in [5.74, 6) is 0. The average Bonchev–Trinajstić information content (AvgIpc) is 2.56. The molecule has 0 aliphatic rings. The number of pyridine rings is 1. The van der Waals surface area contributed by atoms with E-state index >= 15 is 0 Å². The standard InChI is InChI=1S/C18H13Cl2NO/c19-16-9-3-1-7-14(16)18(22,13-6-5-11-21-12-13)15-8-2-4-10-17(15)20/h1-12,22H. The first-order valence-electron chi connectivity index (χ1n) is 6.77. The molecule has 22 heavy (non-hydrogen) atoms. The fourth-order valence-corrected chi connectivity index (χ4v) is 3.09. The van der Waals surface area contributed by atoms with Crippen LogP contribution in [-0.2, 0) is 5.60 Å². The Hall–Kier alpha value is -1.87. The SMILES string of the molecule is OC(c1cccnc1)(c1ccccc1Cl)c1ccccc1Cl. The van der Waals surface area contributed by atoms with Gasteiger partial charge in [-0.2, -0.15) is 0 Å². The predicted octanol–water partition coefficient (Wildman–Crippen LogP) is 4.67. The first-order chi connectivity index (χ1) is 10.6. The molecule has 1 aromatic heterocycles. The van der Waals surface area contributed by atoms with Crippen LogP contribution in [0.3, 0.4) is 0 Å². The summed E-state index contributed by atoms with van der Waals surface area (Å²) >= 11 is 12.7. The maximum absolute atomic E-state index is 11.6. The second-order valence-electron chi connectivity index (χ2n) is 4.91. The molecule has 0 unspecified atom stereocenters. The summed E-state index contributed by atoms with van der Waals surface area (Å²) in [4.78, 5) is 4.11. The van der Waals surface area contributed by atoms with Crippen molar-refractivity contribution in [2.24, 2.45) is 0 Å². The third-order valence-electron chi connectivity index (χ3n) is 3.61. The van der Waals surface area contributed by atoms with Crippen molar-refractivity contribution in [3.05, 3.63) is 99.8 Å². The van der Waals surface area contributed by atoms with Crippen LogP contribution in [0.1, 0.15) is 16.7 Å². The van der Waals surface area contributed by atoms with E-state index in [0.29, 0.717) is 26.7 Å². The van der Waals surface area contributed by atoms with E-state index in [9.17, 15) is 5.11 Å². The monoisotopic (exact) mass is 329 g/mol. The Balaban J connectivity index is 2.33. The molecule has 0 fully saturated rings. The van der Waals surface area contributed by atoms with Gasteiger partial charge < -0.3 is 5.11 Å². The lowest BCUT2D eigenvalue weighted by Crippen LogP contribution is -2.29. The molecule has 0 saturated heterocycles. The summed E-state index contributed by atoms with van der Waals surface area (Å²) in [5, 5.41) is 12.5. The molecule has 1 heterocycles. The number of aliphatic hydroxyl groups is 1. The summed E-state index contributed by atoms with van der Waals surface area (Å²) in [5.41, 5.74) is 0.275. The van der Waals surface area contributed by atoms with E-state index in [0.717, 1.165) is 0 Å². The van der Waals surface area contributed by atoms with Crippen LogP contribution in [-0.4, -0.2) is 10.1 Å². The molecule has 0 saturated carbocycles. The minimum absolute atomic E-state index is 0.466. The highest BCUT2D eigenvalue weighted by Crippen LogP contribution is 2.42. The van der Waals surface area contributed by atoms with Crippen molar-refractivity contribution in [3.63, 3.8) is 0 Å². The van der Waals surface area contributed by atoms with Gasteiger partial charge in [0.15, 0.2) is 0 Å². The summed E-state index contributed by atoms with van der Waals surface area (Å²) < 4.78 is 0. The number of rotatable bonds is 3. The van der Waals surface area contributed by atoms with Crippen LogP contribution in [0.25, 0.3) is 0 Å². The van der Waals surface area contributed by atoms with Gasteiger partial charge in [-0.05, 0) is 18.2 Å². The molecule has 0 aliphatic heterocycles. The number of halogens is 2. The minimum atomic E-state index is -1.47. The molecule has 0 amide bonds. The first-order valence-corrected chi connectivity index (χ1v) is 7.52. The zero-order valence-electron chi connectivity index (χ0n) is 11.6. The van der Waals surface area contributed by atoms with Gasteiger partial charge in [0.1, 0.15) is 5.60 Å². The topological polar surface area (TPSA) is 33.1 Å². The number of aromatic nitrogens is 1. The highest BCUT2D eigenvalue weighted by Gasteiger charge is 2.37. The number of hydrogen-bond donors (Lipinski definition) is 1. The van der Waals surface area contributed by atoms with Crippen LogP contribution < -0.4 is 0 Å². The lowest BCUT2D eigenvalue weighted by Gasteiger charge is -2.31. The van der Waals surface area contributed by atoms with Crippen molar-refractivity contribution in [1.82, 2.24) is 4.98 Å². The van der Waals surface area contributed by atoms with Crippen molar-refractivity contribution in [1.29, 1.82) is 0 Å². The van der Waals surface area contributed by atoms with Crippen molar-refractivity contribution in [2.75, 3.05) is 0 Å². The Kier molecular flexibility index (Phi) is 4.16. The molecule has 110 valence electrons. The van der Waals surface area contributed by atoms with Crippen LogP contribution in [0.5, 0.6) is 0 Å². The molecule has 3 aromatic rings. The zero-order chi connectivity index (χ0) is 15.6. The van der Waals surface area contributed by atoms with Crippen LogP contribution in [0, 0.1) is 0 Å². The lowest BCUT2D eigenvalue weighted by molar-refractivity contribution is 0.125. The molecule has 0 radical (unpaired) electrons. The Morgan fingerprint density at radius 3 is 1.77 bits per heavy atom. The van der Waals surface area contributed by atoms with E-state index in [-0.39, 0.29) is 0 Å².